The maximum Gasteiger partial charge on any atom is 0.358 e. The van der Waals surface area contributed by atoms with Crippen LogP contribution in [-0.4, -0.2) is 43.7 Å². The van der Waals surface area contributed by atoms with Crippen LogP contribution in [0.3, 0.4) is 0 Å². The molecule has 4 rings (SSSR count). The van der Waals surface area contributed by atoms with Crippen molar-refractivity contribution in [3.63, 3.8) is 0 Å². The number of carbonyl (C=O) groups is 3. The molecule has 2 aromatic carbocycles. The van der Waals surface area contributed by atoms with Crippen molar-refractivity contribution in [3.8, 4) is 10.6 Å². The summed E-state index contributed by atoms with van der Waals surface area (Å²) in [4.78, 5) is 44.0. The average Bonchev–Trinajstić information content (AvgIpc) is 3.36. The van der Waals surface area contributed by atoms with Gasteiger partial charge in [-0.1, -0.05) is 48.5 Å². The van der Waals surface area contributed by atoms with Crippen molar-refractivity contribution < 1.29 is 28.6 Å². The van der Waals surface area contributed by atoms with Crippen LogP contribution < -0.4 is 5.32 Å². The van der Waals surface area contributed by atoms with Gasteiger partial charge in [-0.2, -0.15) is 0 Å². The standard InChI is InChI=1S/C30H30N2O6S/c1-6-38-30(35)26-22(15-19-11-8-7-9-12-19)39-27(32-26)21-14-10-13-20(16-21)25-23(28(33)36-4)17(2)31-18(3)24(25)29(34)37-5/h7-14,16,25,31H,6,15H2,1-5H3. The number of ether oxygens (including phenoxy) is 3. The summed E-state index contributed by atoms with van der Waals surface area (Å²) in [6, 6.07) is 17.3. The third-order valence-electron chi connectivity index (χ3n) is 6.41. The van der Waals surface area contributed by atoms with Crippen molar-refractivity contribution >= 4 is 29.2 Å². The average molecular weight is 547 g/mol. The molecule has 0 atom stereocenters. The molecule has 0 aliphatic carbocycles. The number of thiazole rings is 1. The Bertz CT molecular complexity index is 1430. The lowest BCUT2D eigenvalue weighted by Gasteiger charge is -2.30. The lowest BCUT2D eigenvalue weighted by molar-refractivity contribution is -0.137. The van der Waals surface area contributed by atoms with Gasteiger partial charge in [-0.25, -0.2) is 19.4 Å². The highest BCUT2D eigenvalue weighted by atomic mass is 32.1. The molecule has 1 aromatic heterocycles. The number of rotatable bonds is 8. The van der Waals surface area contributed by atoms with Gasteiger partial charge in [0.1, 0.15) is 5.01 Å². The van der Waals surface area contributed by atoms with E-state index in [-0.39, 0.29) is 12.3 Å². The van der Waals surface area contributed by atoms with Gasteiger partial charge in [-0.15, -0.1) is 11.3 Å². The van der Waals surface area contributed by atoms with Crippen LogP contribution in [0.1, 0.15) is 53.2 Å². The van der Waals surface area contributed by atoms with Crippen molar-refractivity contribution in [2.75, 3.05) is 20.8 Å². The Morgan fingerprint density at radius 1 is 0.897 bits per heavy atom. The van der Waals surface area contributed by atoms with E-state index in [1.165, 1.54) is 25.6 Å². The molecule has 0 saturated carbocycles. The third kappa shape index (κ3) is 5.78. The molecule has 9 heteroatoms. The Morgan fingerprint density at radius 2 is 1.54 bits per heavy atom. The van der Waals surface area contributed by atoms with Crippen LogP contribution in [0.15, 0.2) is 77.1 Å². The molecule has 0 fully saturated rings. The van der Waals surface area contributed by atoms with Gasteiger partial charge in [0.25, 0.3) is 0 Å². The SMILES string of the molecule is CCOC(=O)c1nc(-c2cccc(C3C(C(=O)OC)=C(C)NC(C)=C3C(=O)OC)c2)sc1Cc1ccccc1. The van der Waals surface area contributed by atoms with Gasteiger partial charge in [-0.05, 0) is 38.0 Å². The molecular formula is C30H30N2O6S. The maximum atomic E-state index is 12.9. The largest absolute Gasteiger partial charge is 0.466 e. The van der Waals surface area contributed by atoms with Gasteiger partial charge in [0.15, 0.2) is 5.69 Å². The predicted molar refractivity (Wildman–Crippen MR) is 148 cm³/mol. The van der Waals surface area contributed by atoms with Crippen LogP contribution in [0.2, 0.25) is 0 Å². The summed E-state index contributed by atoms with van der Waals surface area (Å²) in [5, 5.41) is 3.74. The van der Waals surface area contributed by atoms with Crippen LogP contribution >= 0.6 is 11.3 Å². The molecule has 0 saturated heterocycles. The van der Waals surface area contributed by atoms with E-state index < -0.39 is 23.8 Å². The normalized spacial score (nSPS) is 13.7. The number of dihydropyridines is 1. The molecule has 1 aliphatic rings. The molecule has 39 heavy (non-hydrogen) atoms. The molecule has 0 unspecified atom stereocenters. The highest BCUT2D eigenvalue weighted by Crippen LogP contribution is 2.41. The number of hydrogen-bond acceptors (Lipinski definition) is 9. The van der Waals surface area contributed by atoms with Crippen LogP contribution in [0.25, 0.3) is 10.6 Å². The molecular weight excluding hydrogens is 516 g/mol. The fraction of sp³-hybridized carbons (Fsp3) is 0.267. The number of nitrogens with zero attached hydrogens (tertiary/aromatic N) is 1. The van der Waals surface area contributed by atoms with E-state index in [1.54, 1.807) is 20.8 Å². The van der Waals surface area contributed by atoms with Gasteiger partial charge in [0.2, 0.25) is 0 Å². The smallest absolute Gasteiger partial charge is 0.358 e. The summed E-state index contributed by atoms with van der Waals surface area (Å²) in [6.07, 6.45) is 0.531. The van der Waals surface area contributed by atoms with E-state index in [2.05, 4.69) is 10.3 Å². The number of methoxy groups -OCH3 is 2. The first kappa shape index (κ1) is 27.8. The predicted octanol–water partition coefficient (Wildman–Crippen LogP) is 5.16. The van der Waals surface area contributed by atoms with E-state index in [0.717, 1.165) is 16.0 Å². The molecule has 0 radical (unpaired) electrons. The molecule has 2 heterocycles. The maximum absolute atomic E-state index is 12.9. The summed E-state index contributed by atoms with van der Waals surface area (Å²) in [5.74, 6) is -2.29. The Morgan fingerprint density at radius 3 is 2.13 bits per heavy atom. The molecule has 202 valence electrons. The second kappa shape index (κ2) is 12.1. The molecule has 1 N–H and O–H groups in total. The number of esters is 3. The quantitative estimate of drug-likeness (QED) is 0.305. The van der Waals surface area contributed by atoms with Crippen molar-refractivity contribution in [1.82, 2.24) is 10.3 Å². The molecule has 8 nitrogen and oxygen atoms in total. The van der Waals surface area contributed by atoms with Crippen LogP contribution in [-0.2, 0) is 30.2 Å². The van der Waals surface area contributed by atoms with Crippen molar-refractivity contribution in [2.24, 2.45) is 0 Å². The fourth-order valence-electron chi connectivity index (χ4n) is 4.67. The number of benzene rings is 2. The minimum absolute atomic E-state index is 0.242. The summed E-state index contributed by atoms with van der Waals surface area (Å²) in [7, 11) is 2.61. The van der Waals surface area contributed by atoms with Gasteiger partial charge in [-0.3, -0.25) is 0 Å². The molecule has 0 bridgehead atoms. The minimum atomic E-state index is -0.723. The lowest BCUT2D eigenvalue weighted by Crippen LogP contribution is -2.32. The van der Waals surface area contributed by atoms with Crippen LogP contribution in [0.5, 0.6) is 0 Å². The zero-order valence-corrected chi connectivity index (χ0v) is 23.3. The molecule has 3 aromatic rings. The number of nitrogens with one attached hydrogen (secondary N) is 1. The minimum Gasteiger partial charge on any atom is -0.466 e. The summed E-state index contributed by atoms with van der Waals surface area (Å²) < 4.78 is 15.4. The monoisotopic (exact) mass is 546 g/mol. The van der Waals surface area contributed by atoms with Crippen molar-refractivity contribution in [3.05, 3.63) is 98.8 Å². The Kier molecular flexibility index (Phi) is 8.61. The highest BCUT2D eigenvalue weighted by molar-refractivity contribution is 7.15. The Labute approximate surface area is 231 Å². The van der Waals surface area contributed by atoms with E-state index in [4.69, 9.17) is 14.2 Å². The van der Waals surface area contributed by atoms with Gasteiger partial charge in [0, 0.05) is 28.3 Å². The first-order valence-corrected chi connectivity index (χ1v) is 13.3. The Balaban J connectivity index is 1.83. The lowest BCUT2D eigenvalue weighted by atomic mass is 9.80. The number of allylic oxidation sites excluding steroid dienone is 2. The van der Waals surface area contributed by atoms with E-state index in [9.17, 15) is 14.4 Å². The fourth-order valence-corrected chi connectivity index (χ4v) is 5.75. The molecule has 0 amide bonds. The van der Waals surface area contributed by atoms with Crippen LogP contribution in [0, 0.1) is 0 Å². The molecule has 1 aliphatic heterocycles. The second-order valence-corrected chi connectivity index (χ2v) is 10.0. The summed E-state index contributed by atoms with van der Waals surface area (Å²) in [5.41, 5.74) is 4.57. The van der Waals surface area contributed by atoms with E-state index in [0.29, 0.717) is 39.5 Å². The van der Waals surface area contributed by atoms with E-state index >= 15 is 0 Å². The molecule has 0 spiro atoms. The summed E-state index contributed by atoms with van der Waals surface area (Å²) >= 11 is 1.41. The number of aromatic nitrogens is 1. The summed E-state index contributed by atoms with van der Waals surface area (Å²) in [6.45, 7) is 5.53. The zero-order valence-electron chi connectivity index (χ0n) is 22.5. The first-order valence-electron chi connectivity index (χ1n) is 12.4. The van der Waals surface area contributed by atoms with Gasteiger partial charge in [0.05, 0.1) is 37.9 Å². The van der Waals surface area contributed by atoms with E-state index in [1.807, 2.05) is 54.6 Å². The van der Waals surface area contributed by atoms with Crippen LogP contribution in [0.4, 0.5) is 0 Å². The first-order chi connectivity index (χ1) is 18.8. The van der Waals surface area contributed by atoms with Crippen molar-refractivity contribution in [2.45, 2.75) is 33.1 Å². The second-order valence-electron chi connectivity index (χ2n) is 8.92. The van der Waals surface area contributed by atoms with Gasteiger partial charge < -0.3 is 19.5 Å². The number of hydrogen-bond donors (Lipinski definition) is 1. The Hall–Kier alpha value is -4.24. The van der Waals surface area contributed by atoms with Gasteiger partial charge >= 0.3 is 17.9 Å². The third-order valence-corrected chi connectivity index (χ3v) is 7.52. The topological polar surface area (TPSA) is 104 Å². The number of carbonyl (C=O) groups excluding carboxylic acids is 3. The zero-order chi connectivity index (χ0) is 28.1. The highest BCUT2D eigenvalue weighted by Gasteiger charge is 2.37. The van der Waals surface area contributed by atoms with Crippen molar-refractivity contribution in [1.29, 1.82) is 0 Å².